The highest BCUT2D eigenvalue weighted by atomic mass is 19.1. The van der Waals surface area contributed by atoms with E-state index in [4.69, 9.17) is 10.8 Å². The molecule has 1 aromatic carbocycles. The number of hydrogen-bond donors (Lipinski definition) is 2. The Labute approximate surface area is 98.2 Å². The molecule has 1 rings (SSSR count). The van der Waals surface area contributed by atoms with Gasteiger partial charge in [-0.25, -0.2) is 8.78 Å². The molecule has 1 atom stereocenters. The Morgan fingerprint density at radius 1 is 1.41 bits per heavy atom. The summed E-state index contributed by atoms with van der Waals surface area (Å²) in [6, 6.07) is 1.50. The van der Waals surface area contributed by atoms with Crippen molar-refractivity contribution in [2.24, 2.45) is 5.73 Å². The first kappa shape index (κ1) is 13.6. The average molecular weight is 243 g/mol. The minimum absolute atomic E-state index is 0.0241. The third-order valence-electron chi connectivity index (χ3n) is 2.58. The van der Waals surface area contributed by atoms with Crippen LogP contribution in [0.3, 0.4) is 0 Å². The van der Waals surface area contributed by atoms with Crippen LogP contribution in [-0.2, 0) is 4.79 Å². The number of hydrogen-bond acceptors (Lipinski definition) is 2. The van der Waals surface area contributed by atoms with Crippen LogP contribution in [0.25, 0.3) is 0 Å². The second kappa shape index (κ2) is 5.72. The number of benzene rings is 1. The standard InChI is InChI=1S/C12H15F2NO2/c1-7-5-10(14)8(6-9(7)13)11(15)3-2-4-12(16)17/h5-6,11H,2-4,15H2,1H3,(H,16,17). The van der Waals surface area contributed by atoms with Gasteiger partial charge < -0.3 is 10.8 Å². The molecule has 17 heavy (non-hydrogen) atoms. The Hall–Kier alpha value is -1.49. The van der Waals surface area contributed by atoms with Crippen molar-refractivity contribution < 1.29 is 18.7 Å². The first-order valence-electron chi connectivity index (χ1n) is 5.34. The summed E-state index contributed by atoms with van der Waals surface area (Å²) >= 11 is 0. The van der Waals surface area contributed by atoms with E-state index >= 15 is 0 Å². The Kier molecular flexibility index (Phi) is 4.57. The topological polar surface area (TPSA) is 63.3 Å². The van der Waals surface area contributed by atoms with Gasteiger partial charge in [0.05, 0.1) is 0 Å². The summed E-state index contributed by atoms with van der Waals surface area (Å²) in [7, 11) is 0. The predicted molar refractivity (Wildman–Crippen MR) is 59.5 cm³/mol. The van der Waals surface area contributed by atoms with Crippen LogP contribution in [-0.4, -0.2) is 11.1 Å². The fraction of sp³-hybridized carbons (Fsp3) is 0.417. The summed E-state index contributed by atoms with van der Waals surface area (Å²) in [5.74, 6) is -1.98. The molecule has 5 heteroatoms. The van der Waals surface area contributed by atoms with E-state index in [9.17, 15) is 13.6 Å². The lowest BCUT2D eigenvalue weighted by atomic mass is 10.00. The number of aliphatic carboxylic acids is 1. The van der Waals surface area contributed by atoms with Crippen LogP contribution >= 0.6 is 0 Å². The Balaban J connectivity index is 2.71. The van der Waals surface area contributed by atoms with E-state index in [1.54, 1.807) is 0 Å². The zero-order valence-corrected chi connectivity index (χ0v) is 9.54. The summed E-state index contributed by atoms with van der Waals surface area (Å²) < 4.78 is 26.8. The molecule has 0 saturated heterocycles. The summed E-state index contributed by atoms with van der Waals surface area (Å²) in [6.07, 6.45) is 0.626. The van der Waals surface area contributed by atoms with Crippen LogP contribution in [0.1, 0.15) is 36.4 Å². The molecule has 0 saturated carbocycles. The molecular weight excluding hydrogens is 228 g/mol. The molecule has 0 aliphatic rings. The molecule has 3 nitrogen and oxygen atoms in total. The third kappa shape index (κ3) is 3.78. The molecule has 1 aromatic rings. The van der Waals surface area contributed by atoms with Crippen molar-refractivity contribution in [1.82, 2.24) is 0 Å². The number of carboxylic acid groups (broad SMARTS) is 1. The van der Waals surface area contributed by atoms with Crippen molar-refractivity contribution in [2.75, 3.05) is 0 Å². The third-order valence-corrected chi connectivity index (χ3v) is 2.58. The molecule has 94 valence electrons. The fourth-order valence-electron chi connectivity index (χ4n) is 1.57. The Morgan fingerprint density at radius 2 is 2.06 bits per heavy atom. The summed E-state index contributed by atoms with van der Waals surface area (Å²) in [5, 5.41) is 8.46. The monoisotopic (exact) mass is 243 g/mol. The number of carbonyl (C=O) groups is 1. The van der Waals surface area contributed by atoms with Gasteiger partial charge >= 0.3 is 5.97 Å². The molecule has 0 fully saturated rings. The SMILES string of the molecule is Cc1cc(F)c(C(N)CCCC(=O)O)cc1F. The minimum Gasteiger partial charge on any atom is -0.481 e. The van der Waals surface area contributed by atoms with Crippen LogP contribution in [0.15, 0.2) is 12.1 Å². The molecular formula is C12H15F2NO2. The molecule has 0 aliphatic carbocycles. The van der Waals surface area contributed by atoms with Gasteiger partial charge in [0, 0.05) is 18.0 Å². The van der Waals surface area contributed by atoms with E-state index < -0.39 is 23.6 Å². The van der Waals surface area contributed by atoms with E-state index in [1.807, 2.05) is 0 Å². The van der Waals surface area contributed by atoms with Crippen LogP contribution < -0.4 is 5.73 Å². The lowest BCUT2D eigenvalue weighted by Gasteiger charge is -2.13. The second-order valence-electron chi connectivity index (χ2n) is 4.02. The van der Waals surface area contributed by atoms with E-state index in [2.05, 4.69) is 0 Å². The van der Waals surface area contributed by atoms with Gasteiger partial charge in [-0.15, -0.1) is 0 Å². The van der Waals surface area contributed by atoms with E-state index in [-0.39, 0.29) is 17.5 Å². The average Bonchev–Trinajstić information content (AvgIpc) is 2.22. The van der Waals surface area contributed by atoms with Crippen molar-refractivity contribution in [1.29, 1.82) is 0 Å². The molecule has 0 bridgehead atoms. The van der Waals surface area contributed by atoms with Gasteiger partial charge in [-0.3, -0.25) is 4.79 Å². The second-order valence-corrected chi connectivity index (χ2v) is 4.02. The number of rotatable bonds is 5. The van der Waals surface area contributed by atoms with Crippen LogP contribution in [0.2, 0.25) is 0 Å². The highest BCUT2D eigenvalue weighted by Crippen LogP contribution is 2.22. The summed E-state index contributed by atoms with van der Waals surface area (Å²) in [4.78, 5) is 10.3. The maximum Gasteiger partial charge on any atom is 0.303 e. The van der Waals surface area contributed by atoms with E-state index in [0.29, 0.717) is 12.8 Å². The van der Waals surface area contributed by atoms with Crippen molar-refractivity contribution in [3.8, 4) is 0 Å². The Morgan fingerprint density at radius 3 is 2.65 bits per heavy atom. The fourth-order valence-corrected chi connectivity index (χ4v) is 1.57. The minimum atomic E-state index is -0.923. The molecule has 0 aliphatic heterocycles. The number of nitrogens with two attached hydrogens (primary N) is 1. The molecule has 1 unspecified atom stereocenters. The highest BCUT2D eigenvalue weighted by Gasteiger charge is 2.14. The van der Waals surface area contributed by atoms with E-state index in [0.717, 1.165) is 12.1 Å². The quantitative estimate of drug-likeness (QED) is 0.835. The van der Waals surface area contributed by atoms with E-state index in [1.165, 1.54) is 6.92 Å². The largest absolute Gasteiger partial charge is 0.481 e. The van der Waals surface area contributed by atoms with Gasteiger partial charge in [-0.2, -0.15) is 0 Å². The molecule has 0 aromatic heterocycles. The van der Waals surface area contributed by atoms with Crippen molar-refractivity contribution in [3.05, 3.63) is 34.9 Å². The molecule has 0 heterocycles. The maximum atomic E-state index is 13.5. The van der Waals surface area contributed by atoms with Gasteiger partial charge in [-0.05, 0) is 37.5 Å². The van der Waals surface area contributed by atoms with Gasteiger partial charge in [0.15, 0.2) is 0 Å². The lowest BCUT2D eigenvalue weighted by Crippen LogP contribution is -2.13. The first-order valence-corrected chi connectivity index (χ1v) is 5.34. The van der Waals surface area contributed by atoms with Gasteiger partial charge in [0.2, 0.25) is 0 Å². The lowest BCUT2D eigenvalue weighted by molar-refractivity contribution is -0.137. The van der Waals surface area contributed by atoms with Crippen LogP contribution in [0.5, 0.6) is 0 Å². The molecule has 0 radical (unpaired) electrons. The maximum absolute atomic E-state index is 13.5. The zero-order valence-electron chi connectivity index (χ0n) is 9.54. The summed E-state index contributed by atoms with van der Waals surface area (Å²) in [6.45, 7) is 1.47. The molecule has 3 N–H and O–H groups in total. The number of aryl methyl sites for hydroxylation is 1. The number of carboxylic acids is 1. The van der Waals surface area contributed by atoms with Crippen LogP contribution in [0, 0.1) is 18.6 Å². The van der Waals surface area contributed by atoms with Gasteiger partial charge in [-0.1, -0.05) is 0 Å². The normalized spacial score (nSPS) is 12.5. The van der Waals surface area contributed by atoms with Crippen molar-refractivity contribution >= 4 is 5.97 Å². The Bertz CT molecular complexity index is 421. The highest BCUT2D eigenvalue weighted by molar-refractivity contribution is 5.66. The molecule has 0 amide bonds. The van der Waals surface area contributed by atoms with Crippen LogP contribution in [0.4, 0.5) is 8.78 Å². The smallest absolute Gasteiger partial charge is 0.303 e. The first-order chi connectivity index (χ1) is 7.91. The number of halogens is 2. The van der Waals surface area contributed by atoms with Gasteiger partial charge in [0.1, 0.15) is 11.6 Å². The summed E-state index contributed by atoms with van der Waals surface area (Å²) in [5.41, 5.74) is 6.02. The zero-order chi connectivity index (χ0) is 13.0. The molecule has 0 spiro atoms. The predicted octanol–water partition coefficient (Wildman–Crippen LogP) is 2.53. The van der Waals surface area contributed by atoms with Gasteiger partial charge in [0.25, 0.3) is 0 Å². The van der Waals surface area contributed by atoms with Crippen molar-refractivity contribution in [2.45, 2.75) is 32.2 Å². The van der Waals surface area contributed by atoms with Crippen molar-refractivity contribution in [3.63, 3.8) is 0 Å².